The average molecular weight is 227 g/mol. The first-order valence-electron chi connectivity index (χ1n) is 5.80. The van der Waals surface area contributed by atoms with Crippen molar-refractivity contribution in [2.75, 3.05) is 27.2 Å². The van der Waals surface area contributed by atoms with E-state index in [1.807, 2.05) is 0 Å². The van der Waals surface area contributed by atoms with Gasteiger partial charge in [0.15, 0.2) is 0 Å². The van der Waals surface area contributed by atoms with Gasteiger partial charge in [0.1, 0.15) is 0 Å². The minimum absolute atomic E-state index is 0.0136. The summed E-state index contributed by atoms with van der Waals surface area (Å²) in [5, 5.41) is 6.01. The summed E-state index contributed by atoms with van der Waals surface area (Å²) in [6.45, 7) is 1.16. The highest BCUT2D eigenvalue weighted by molar-refractivity contribution is 5.78. The zero-order valence-electron chi connectivity index (χ0n) is 10.1. The monoisotopic (exact) mass is 227 g/mol. The first kappa shape index (κ1) is 13.0. The maximum absolute atomic E-state index is 11.3. The molecule has 0 spiro atoms. The van der Waals surface area contributed by atoms with Crippen LogP contribution in [-0.2, 0) is 9.59 Å². The van der Waals surface area contributed by atoms with E-state index in [2.05, 4.69) is 10.6 Å². The summed E-state index contributed by atoms with van der Waals surface area (Å²) in [6, 6.07) is 0.642. The van der Waals surface area contributed by atoms with Crippen LogP contribution in [0.25, 0.3) is 0 Å². The normalized spacial score (nSPS) is 14.6. The van der Waals surface area contributed by atoms with Gasteiger partial charge in [-0.1, -0.05) is 0 Å². The van der Waals surface area contributed by atoms with Crippen molar-refractivity contribution in [3.8, 4) is 0 Å². The molecule has 0 aromatic heterocycles. The fraction of sp³-hybridized carbons (Fsp3) is 0.818. The van der Waals surface area contributed by atoms with E-state index in [1.54, 1.807) is 14.1 Å². The Morgan fingerprint density at radius 2 is 1.88 bits per heavy atom. The van der Waals surface area contributed by atoms with Crippen molar-refractivity contribution in [3.63, 3.8) is 0 Å². The Balaban J connectivity index is 1.94. The number of carbonyl (C=O) groups excluding carboxylic acids is 2. The Morgan fingerprint density at radius 1 is 1.19 bits per heavy atom. The zero-order valence-corrected chi connectivity index (χ0v) is 10.1. The van der Waals surface area contributed by atoms with Gasteiger partial charge in [-0.25, -0.2) is 0 Å². The first-order chi connectivity index (χ1) is 7.59. The van der Waals surface area contributed by atoms with Gasteiger partial charge in [0.25, 0.3) is 0 Å². The number of hydrogen-bond acceptors (Lipinski definition) is 3. The number of nitrogens with zero attached hydrogens (tertiary/aromatic N) is 1. The molecule has 1 rings (SSSR count). The molecule has 0 radical (unpaired) electrons. The second kappa shape index (κ2) is 6.48. The summed E-state index contributed by atoms with van der Waals surface area (Å²) in [6.07, 6.45) is 3.33. The van der Waals surface area contributed by atoms with Crippen molar-refractivity contribution in [1.29, 1.82) is 0 Å². The highest BCUT2D eigenvalue weighted by atomic mass is 16.2. The minimum Gasteiger partial charge on any atom is -0.356 e. The quantitative estimate of drug-likeness (QED) is 0.629. The molecule has 1 fully saturated rings. The highest BCUT2D eigenvalue weighted by Crippen LogP contribution is 2.18. The molecule has 92 valence electrons. The molecule has 16 heavy (non-hydrogen) atoms. The Bertz CT molecular complexity index is 250. The molecule has 0 unspecified atom stereocenters. The Morgan fingerprint density at radius 3 is 2.44 bits per heavy atom. The van der Waals surface area contributed by atoms with Crippen LogP contribution in [0.4, 0.5) is 0 Å². The highest BCUT2D eigenvalue weighted by Gasteiger charge is 2.19. The average Bonchev–Trinajstić information content (AvgIpc) is 3.01. The second-order valence-electron chi connectivity index (χ2n) is 4.37. The predicted octanol–water partition coefficient (Wildman–Crippen LogP) is -0.277. The van der Waals surface area contributed by atoms with Crippen LogP contribution in [0.2, 0.25) is 0 Å². The van der Waals surface area contributed by atoms with Crippen molar-refractivity contribution < 1.29 is 9.59 Å². The molecule has 1 saturated carbocycles. The zero-order chi connectivity index (χ0) is 12.0. The van der Waals surface area contributed by atoms with Gasteiger partial charge < -0.3 is 15.5 Å². The van der Waals surface area contributed by atoms with Crippen molar-refractivity contribution in [3.05, 3.63) is 0 Å². The van der Waals surface area contributed by atoms with Gasteiger partial charge in [-0.05, 0) is 12.8 Å². The van der Waals surface area contributed by atoms with E-state index in [0.29, 0.717) is 25.4 Å². The lowest BCUT2D eigenvalue weighted by atomic mass is 10.3. The Labute approximate surface area is 96.6 Å². The molecule has 2 amide bonds. The van der Waals surface area contributed by atoms with Crippen LogP contribution >= 0.6 is 0 Å². The predicted molar refractivity (Wildman–Crippen MR) is 62.0 cm³/mol. The molecule has 2 N–H and O–H groups in total. The summed E-state index contributed by atoms with van der Waals surface area (Å²) in [5.74, 6) is 0.0520. The third-order valence-electron chi connectivity index (χ3n) is 2.52. The molecule has 0 atom stereocenters. The second-order valence-corrected chi connectivity index (χ2v) is 4.37. The van der Waals surface area contributed by atoms with Gasteiger partial charge in [0.2, 0.25) is 11.8 Å². The summed E-state index contributed by atoms with van der Waals surface area (Å²) in [5.41, 5.74) is 0. The maximum atomic E-state index is 11.3. The fourth-order valence-electron chi connectivity index (χ4n) is 1.30. The molecule has 0 aromatic carbocycles. The van der Waals surface area contributed by atoms with E-state index in [9.17, 15) is 9.59 Å². The van der Waals surface area contributed by atoms with Gasteiger partial charge in [-0.2, -0.15) is 0 Å². The molecule has 5 heteroatoms. The summed E-state index contributed by atoms with van der Waals surface area (Å²) < 4.78 is 0. The van der Waals surface area contributed by atoms with Crippen molar-refractivity contribution in [2.45, 2.75) is 31.7 Å². The van der Waals surface area contributed by atoms with Crippen LogP contribution in [0.1, 0.15) is 25.7 Å². The lowest BCUT2D eigenvalue weighted by Crippen LogP contribution is -2.32. The van der Waals surface area contributed by atoms with Gasteiger partial charge in [-0.15, -0.1) is 0 Å². The molecule has 0 heterocycles. The molecule has 0 saturated heterocycles. The molecule has 0 bridgehead atoms. The summed E-state index contributed by atoms with van der Waals surface area (Å²) in [7, 11) is 3.42. The molecule has 1 aliphatic rings. The Hall–Kier alpha value is -1.10. The lowest BCUT2D eigenvalue weighted by molar-refractivity contribution is -0.128. The SMILES string of the molecule is CN(C)C(=O)CCNC(=O)CCNC1CC1. The number of hydrogen-bond donors (Lipinski definition) is 2. The minimum atomic E-state index is 0.0136. The van der Waals surface area contributed by atoms with E-state index in [0.717, 1.165) is 6.54 Å². The van der Waals surface area contributed by atoms with Crippen LogP contribution < -0.4 is 10.6 Å². The summed E-state index contributed by atoms with van der Waals surface area (Å²) >= 11 is 0. The van der Waals surface area contributed by atoms with Crippen LogP contribution in [0, 0.1) is 0 Å². The van der Waals surface area contributed by atoms with Crippen molar-refractivity contribution >= 4 is 11.8 Å². The van der Waals surface area contributed by atoms with E-state index in [4.69, 9.17) is 0 Å². The van der Waals surface area contributed by atoms with E-state index in [1.165, 1.54) is 17.7 Å². The van der Waals surface area contributed by atoms with Crippen LogP contribution in [-0.4, -0.2) is 49.9 Å². The van der Waals surface area contributed by atoms with Gasteiger partial charge >= 0.3 is 0 Å². The molecular weight excluding hydrogens is 206 g/mol. The Kier molecular flexibility index (Phi) is 5.25. The first-order valence-corrected chi connectivity index (χ1v) is 5.80. The molecule has 1 aliphatic carbocycles. The molecule has 0 aliphatic heterocycles. The van der Waals surface area contributed by atoms with Crippen LogP contribution in [0.15, 0.2) is 0 Å². The van der Waals surface area contributed by atoms with Crippen molar-refractivity contribution in [2.24, 2.45) is 0 Å². The number of amides is 2. The number of carbonyl (C=O) groups is 2. The van der Waals surface area contributed by atoms with Crippen molar-refractivity contribution in [1.82, 2.24) is 15.5 Å². The largest absolute Gasteiger partial charge is 0.356 e. The van der Waals surface area contributed by atoms with E-state index >= 15 is 0 Å². The standard InChI is InChI=1S/C11H21N3O2/c1-14(2)11(16)6-8-13-10(15)5-7-12-9-3-4-9/h9,12H,3-8H2,1-2H3,(H,13,15). The van der Waals surface area contributed by atoms with Gasteiger partial charge in [0.05, 0.1) is 0 Å². The van der Waals surface area contributed by atoms with Crippen LogP contribution in [0.5, 0.6) is 0 Å². The molecule has 0 aromatic rings. The smallest absolute Gasteiger partial charge is 0.223 e. The van der Waals surface area contributed by atoms with E-state index in [-0.39, 0.29) is 11.8 Å². The number of nitrogens with one attached hydrogen (secondary N) is 2. The fourth-order valence-corrected chi connectivity index (χ4v) is 1.30. The third-order valence-corrected chi connectivity index (χ3v) is 2.52. The molecule has 5 nitrogen and oxygen atoms in total. The van der Waals surface area contributed by atoms with Gasteiger partial charge in [-0.3, -0.25) is 9.59 Å². The maximum Gasteiger partial charge on any atom is 0.223 e. The topological polar surface area (TPSA) is 61.4 Å². The molecular formula is C11H21N3O2. The van der Waals surface area contributed by atoms with Crippen LogP contribution in [0.3, 0.4) is 0 Å². The third kappa shape index (κ3) is 5.70. The summed E-state index contributed by atoms with van der Waals surface area (Å²) in [4.78, 5) is 24.0. The lowest BCUT2D eigenvalue weighted by Gasteiger charge is -2.10. The van der Waals surface area contributed by atoms with E-state index < -0.39 is 0 Å². The number of rotatable bonds is 7. The van der Waals surface area contributed by atoms with Gasteiger partial charge in [0, 0.05) is 46.1 Å².